The summed E-state index contributed by atoms with van der Waals surface area (Å²) in [7, 11) is -1.56. The van der Waals surface area contributed by atoms with E-state index in [0.29, 0.717) is 110 Å². The maximum atomic E-state index is 13.2. The van der Waals surface area contributed by atoms with E-state index in [4.69, 9.17) is 0 Å². The highest BCUT2D eigenvalue weighted by Crippen LogP contribution is 2.32. The van der Waals surface area contributed by atoms with Crippen LogP contribution in [0.15, 0.2) is 0 Å². The van der Waals surface area contributed by atoms with E-state index in [1.54, 1.807) is 78.6 Å². The maximum Gasteiger partial charge on any atom is 0.469 e. The van der Waals surface area contributed by atoms with E-state index in [1.807, 2.05) is 4.90 Å². The molecule has 1 aliphatic carbocycles. The molecular weight excluding hydrogens is 1380 g/mol. The van der Waals surface area contributed by atoms with Crippen LogP contribution >= 0.6 is 0 Å². The molecule has 13 N–H and O–H groups in total. The second-order valence-electron chi connectivity index (χ2n) is 29.1. The Kier molecular flexibility index (Phi) is 40.8. The van der Waals surface area contributed by atoms with Gasteiger partial charge in [-0.25, -0.2) is 0 Å². The van der Waals surface area contributed by atoms with Gasteiger partial charge in [0, 0.05) is 167 Å². The average Bonchev–Trinajstić information content (AvgIpc) is 1.76. The van der Waals surface area contributed by atoms with E-state index in [9.17, 15) is 113 Å². The Morgan fingerprint density at radius 3 is 1.18 bits per heavy atom. The number of aliphatic hydroxyl groups excluding tert-OH is 1. The zero-order valence-electron chi connectivity index (χ0n) is 61.9. The van der Waals surface area contributed by atoms with Gasteiger partial charge in [0.15, 0.2) is 5.78 Å². The van der Waals surface area contributed by atoms with Crippen molar-refractivity contribution >= 4 is 90.8 Å². The molecule has 0 aromatic rings. The molecule has 4 aliphatic heterocycles. The Balaban J connectivity index is 0.000000446. The van der Waals surface area contributed by atoms with Crippen molar-refractivity contribution in [2.75, 3.05) is 177 Å². The molecule has 105 heavy (non-hydrogen) atoms. The van der Waals surface area contributed by atoms with E-state index in [0.717, 1.165) is 25.7 Å². The van der Waals surface area contributed by atoms with Gasteiger partial charge in [-0.2, -0.15) is 0 Å². The lowest BCUT2D eigenvalue weighted by Crippen LogP contribution is -2.56. The molecule has 6 atom stereocenters. The van der Waals surface area contributed by atoms with Crippen LogP contribution in [0.5, 0.6) is 0 Å². The Hall–Kier alpha value is -6.68. The van der Waals surface area contributed by atoms with Crippen LogP contribution in [0.2, 0.25) is 6.82 Å². The molecule has 5 aliphatic rings. The van der Waals surface area contributed by atoms with Gasteiger partial charge in [-0.05, 0) is 83.5 Å². The predicted octanol–water partition coefficient (Wildman–Crippen LogP) is -4.28. The van der Waals surface area contributed by atoms with Gasteiger partial charge >= 0.3 is 49.8 Å². The number of nitrogens with zero attached hydrogens (tertiary/aromatic N) is 10. The summed E-state index contributed by atoms with van der Waals surface area (Å²) < 4.78 is 0. The molecule has 4 heterocycles. The van der Waals surface area contributed by atoms with Crippen LogP contribution in [0.1, 0.15) is 111 Å². The number of ketones is 3. The molecule has 4 amide bonds. The first-order valence-electron chi connectivity index (χ1n) is 36.9. The van der Waals surface area contributed by atoms with Gasteiger partial charge in [-0.1, -0.05) is 20.7 Å². The maximum absolute atomic E-state index is 13.2. The van der Waals surface area contributed by atoms with E-state index in [2.05, 4.69) is 16.0 Å². The largest absolute Gasteiger partial charge is 0.480 e. The van der Waals surface area contributed by atoms with Gasteiger partial charge in [0.2, 0.25) is 23.6 Å². The Morgan fingerprint density at radius 2 is 0.810 bits per heavy atom. The van der Waals surface area contributed by atoms with Crippen molar-refractivity contribution in [3.05, 3.63) is 0 Å². The van der Waals surface area contributed by atoms with Crippen LogP contribution in [0, 0.1) is 23.7 Å². The highest BCUT2D eigenvalue weighted by atomic mass is 16.4. The third kappa shape index (κ3) is 35.3. The first-order valence-corrected chi connectivity index (χ1v) is 36.9. The lowest BCUT2D eigenvalue weighted by molar-refractivity contribution is -0.140. The van der Waals surface area contributed by atoms with Crippen LogP contribution in [0.3, 0.4) is 0 Å². The van der Waals surface area contributed by atoms with Crippen LogP contribution in [0.4, 0.5) is 0 Å². The number of hydrogen-bond acceptors (Lipinski definition) is 26. The molecule has 0 spiro atoms. The highest BCUT2D eigenvalue weighted by molar-refractivity contribution is 6.51. The predicted molar refractivity (Wildman–Crippen MR) is 382 cm³/mol. The fraction of sp³-hybridized carbons (Fsp3) is 0.806. The number of aliphatic hydroxyl groups is 1. The molecule has 2 unspecified atom stereocenters. The molecule has 594 valence electrons. The van der Waals surface area contributed by atoms with Gasteiger partial charge in [0.1, 0.15) is 23.8 Å². The second-order valence-corrected chi connectivity index (χ2v) is 29.1. The molecule has 36 nitrogen and oxygen atoms in total. The zero-order valence-corrected chi connectivity index (χ0v) is 61.9. The minimum absolute atomic E-state index is 0.0372. The fourth-order valence-electron chi connectivity index (χ4n) is 14.2. The summed E-state index contributed by atoms with van der Waals surface area (Å²) in [5, 5.41) is 104. The van der Waals surface area contributed by atoms with Crippen molar-refractivity contribution in [3.8, 4) is 0 Å². The third-order valence-corrected chi connectivity index (χ3v) is 20.3. The average molecular weight is 1490 g/mol. The van der Waals surface area contributed by atoms with Gasteiger partial charge in [0.25, 0.3) is 0 Å². The lowest BCUT2D eigenvalue weighted by atomic mass is 9.62. The van der Waals surface area contributed by atoms with Crippen molar-refractivity contribution in [2.24, 2.45) is 23.7 Å². The van der Waals surface area contributed by atoms with Crippen LogP contribution in [-0.2, 0) is 62.3 Å². The molecule has 0 bridgehead atoms. The summed E-state index contributed by atoms with van der Waals surface area (Å²) in [5.74, 6) is -10.1. The van der Waals surface area contributed by atoms with Crippen LogP contribution in [-0.4, -0.2) is 398 Å². The summed E-state index contributed by atoms with van der Waals surface area (Å²) in [6, 6.07) is -1.44. The number of rotatable bonds is 36. The topological polar surface area (TPSA) is 493 Å². The molecule has 0 aromatic heterocycles. The molecule has 1 saturated carbocycles. The molecule has 0 aromatic carbocycles. The molecule has 5 fully saturated rings. The normalized spacial score (nSPS) is 22.4. The third-order valence-electron chi connectivity index (χ3n) is 20.3. The molecule has 4 saturated heterocycles. The second kappa shape index (κ2) is 47.2. The fourth-order valence-corrected chi connectivity index (χ4v) is 14.2. The Labute approximate surface area is 615 Å². The number of carbonyl (C=O) groups is 13. The summed E-state index contributed by atoms with van der Waals surface area (Å²) in [6.45, 7) is 11.6. The molecular formula is C67H117B2N13O23. The number of amides is 4. The van der Waals surface area contributed by atoms with Crippen molar-refractivity contribution < 1.29 is 113 Å². The number of carboxylic acid groups (broad SMARTS) is 6. The number of carboxylic acids is 6. The van der Waals surface area contributed by atoms with Crippen LogP contribution < -0.4 is 16.0 Å². The van der Waals surface area contributed by atoms with Crippen molar-refractivity contribution in [1.29, 1.82) is 0 Å². The number of nitrogens with one attached hydrogen (secondary N) is 3. The molecule has 38 heteroatoms. The van der Waals surface area contributed by atoms with Crippen molar-refractivity contribution in [2.45, 2.75) is 148 Å². The van der Waals surface area contributed by atoms with Gasteiger partial charge in [-0.15, -0.1) is 0 Å². The van der Waals surface area contributed by atoms with E-state index < -0.39 is 97.6 Å². The van der Waals surface area contributed by atoms with Crippen LogP contribution in [0.25, 0.3) is 0 Å². The van der Waals surface area contributed by atoms with E-state index in [-0.39, 0.29) is 172 Å². The standard InChI is InChI=1S/C35H60BN7O12.C32H57BN6O11/c1-24(2)28(34(53)38-25(3)35(54)43-9-5-6-29(43)36(4)55)18-27(45)19-37-30(46)8-7-26(44)20-39-10-12-40(21-31(47)48)14-16-42(23-33(51)52)17-15-41(13-11-39)22-32(49)50;1-23(32(48)39-10-2-3-27(39)33(49)50)34-31(47)25-7-4-24(5-8-25)6-9-26(40)19-35-11-13-36(20-28(41)42)15-17-38(22-30(45)46)18-16-37(14-12-35)21-29(43)44/h24-25,28-29,55H,5-23H2,1-4H3,(H,37,46)(H,38,53)(H,47,48)(H,49,50)(H,51,52);23-25,27,32,48-50H,2-22H2,1H3,(H,34,47)(H,41,42)(H,43,44)(H,45,46)/t25-,28?,29+;23-,24?,25?,27+,32?/m11/s1. The minimum atomic E-state index is -1.56. The summed E-state index contributed by atoms with van der Waals surface area (Å²) >= 11 is 0. The monoisotopic (exact) mass is 1490 g/mol. The van der Waals surface area contributed by atoms with Gasteiger partial charge < -0.3 is 71.7 Å². The van der Waals surface area contributed by atoms with Gasteiger partial charge in [0.05, 0.1) is 64.9 Å². The Morgan fingerprint density at radius 1 is 0.438 bits per heavy atom. The summed E-state index contributed by atoms with van der Waals surface area (Å²) in [5.41, 5.74) is 0. The number of hydrogen-bond donors (Lipinski definition) is 13. The quantitative estimate of drug-likeness (QED) is 0.0264. The summed E-state index contributed by atoms with van der Waals surface area (Å²) in [6.07, 6.45) is 5.16. The van der Waals surface area contributed by atoms with E-state index >= 15 is 0 Å². The first kappa shape index (κ1) is 90.7. The Bertz CT molecular complexity index is 2780. The SMILES string of the molecule is CB(O)[C@@H]1CCCN1C(=O)[C@@H](C)NC(=O)C(CC(=O)CNC(=O)CCC(=O)CN1CCN(CC(=O)O)CCN(CC(=O)O)CCN(CC(=O)O)CC1)C(C)C.C[C@@H](NC(=O)C1CCC(CCC(=O)CN2CCN(CC(=O)O)CCN(CC(=O)O)CCN(CC(=O)O)CC2)CC1)C(O)N1CCC[C@H]1B(O)O. The number of Topliss-reactive ketones (excluding diaryl/α,β-unsaturated/α-hetero) is 3. The molecule has 5 rings (SSSR count). The lowest BCUT2D eigenvalue weighted by Gasteiger charge is -2.34. The van der Waals surface area contributed by atoms with Crippen molar-refractivity contribution in [1.82, 2.24) is 64.9 Å². The minimum Gasteiger partial charge on any atom is -0.480 e. The molecule has 0 radical (unpaired) electrons. The number of aliphatic carboxylic acids is 6. The van der Waals surface area contributed by atoms with Gasteiger partial charge in [-0.3, -0.25) is 106 Å². The smallest absolute Gasteiger partial charge is 0.469 e. The number of carbonyl (C=O) groups excluding carboxylic acids is 7. The van der Waals surface area contributed by atoms with Crippen molar-refractivity contribution in [3.63, 3.8) is 0 Å². The van der Waals surface area contributed by atoms with E-state index in [1.165, 1.54) is 0 Å². The highest BCUT2D eigenvalue weighted by Gasteiger charge is 2.41. The summed E-state index contributed by atoms with van der Waals surface area (Å²) in [4.78, 5) is 177. The zero-order chi connectivity index (χ0) is 78.0. The first-order chi connectivity index (χ1) is 49.6. The number of likely N-dealkylation sites (tertiary alicyclic amines) is 2.